The van der Waals surface area contributed by atoms with E-state index in [2.05, 4.69) is 10.1 Å². The summed E-state index contributed by atoms with van der Waals surface area (Å²) in [6, 6.07) is 3.26. The predicted molar refractivity (Wildman–Crippen MR) is 60.5 cm³/mol. The molecule has 0 atom stereocenters. The Morgan fingerprint density at radius 2 is 2.24 bits per heavy atom. The van der Waals surface area contributed by atoms with Gasteiger partial charge in [-0.25, -0.2) is 14.1 Å². The van der Waals surface area contributed by atoms with Crippen LogP contribution in [0.4, 0.5) is 4.39 Å². The van der Waals surface area contributed by atoms with Crippen molar-refractivity contribution in [2.75, 3.05) is 7.11 Å². The van der Waals surface area contributed by atoms with Crippen LogP contribution < -0.4 is 10.5 Å². The second kappa shape index (κ2) is 4.50. The van der Waals surface area contributed by atoms with Gasteiger partial charge in [0, 0.05) is 12.1 Å². The zero-order valence-corrected chi connectivity index (χ0v) is 9.64. The number of nitrogens with zero attached hydrogens (tertiary/aromatic N) is 3. The monoisotopic (exact) mass is 236 g/mol. The van der Waals surface area contributed by atoms with Gasteiger partial charge in [-0.05, 0) is 19.1 Å². The number of nitrogens with two attached hydrogens (primary N) is 1. The number of hydrogen-bond acceptors (Lipinski definition) is 4. The molecule has 1 heterocycles. The van der Waals surface area contributed by atoms with E-state index in [4.69, 9.17) is 10.5 Å². The highest BCUT2D eigenvalue weighted by molar-refractivity contribution is 5.47. The molecule has 1 aromatic carbocycles. The number of rotatable bonds is 3. The Hall–Kier alpha value is -1.95. The van der Waals surface area contributed by atoms with E-state index < -0.39 is 5.82 Å². The van der Waals surface area contributed by atoms with Gasteiger partial charge in [0.25, 0.3) is 0 Å². The van der Waals surface area contributed by atoms with Crippen LogP contribution in [0.25, 0.3) is 5.69 Å². The third-order valence-electron chi connectivity index (χ3n) is 2.55. The lowest BCUT2D eigenvalue weighted by Crippen LogP contribution is -2.10. The molecule has 2 rings (SSSR count). The van der Waals surface area contributed by atoms with Crippen molar-refractivity contribution in [3.63, 3.8) is 0 Å². The van der Waals surface area contributed by atoms with Crippen LogP contribution in [0, 0.1) is 12.7 Å². The number of aromatic nitrogens is 3. The van der Waals surface area contributed by atoms with Gasteiger partial charge in [0.05, 0.1) is 12.8 Å². The molecule has 0 bridgehead atoms. The minimum absolute atomic E-state index is 0.0671. The minimum atomic E-state index is -0.456. The molecule has 90 valence electrons. The molecule has 17 heavy (non-hydrogen) atoms. The van der Waals surface area contributed by atoms with Crippen LogP contribution in [0.15, 0.2) is 18.5 Å². The van der Waals surface area contributed by atoms with Crippen LogP contribution in [0.3, 0.4) is 0 Å². The Balaban J connectivity index is 2.63. The summed E-state index contributed by atoms with van der Waals surface area (Å²) in [5.41, 5.74) is 6.52. The van der Waals surface area contributed by atoms with Gasteiger partial charge in [-0.3, -0.25) is 0 Å². The molecule has 2 aromatic rings. The van der Waals surface area contributed by atoms with Crippen molar-refractivity contribution in [3.8, 4) is 11.4 Å². The highest BCUT2D eigenvalue weighted by Crippen LogP contribution is 2.25. The van der Waals surface area contributed by atoms with Gasteiger partial charge < -0.3 is 10.5 Å². The zero-order valence-electron chi connectivity index (χ0n) is 9.64. The largest absolute Gasteiger partial charge is 0.494 e. The molecule has 0 spiro atoms. The van der Waals surface area contributed by atoms with Crippen molar-refractivity contribution in [1.29, 1.82) is 0 Å². The lowest BCUT2D eigenvalue weighted by Gasteiger charge is -2.12. The molecule has 0 aliphatic carbocycles. The van der Waals surface area contributed by atoms with E-state index in [1.165, 1.54) is 13.4 Å². The summed E-state index contributed by atoms with van der Waals surface area (Å²) >= 11 is 0. The molecule has 0 amide bonds. The highest BCUT2D eigenvalue weighted by Gasteiger charge is 2.15. The molecule has 0 aliphatic rings. The summed E-state index contributed by atoms with van der Waals surface area (Å²) in [5, 5.41) is 4.03. The average molecular weight is 236 g/mol. The first-order chi connectivity index (χ1) is 8.19. The van der Waals surface area contributed by atoms with Gasteiger partial charge in [-0.2, -0.15) is 5.10 Å². The van der Waals surface area contributed by atoms with Crippen molar-refractivity contribution in [1.82, 2.24) is 14.8 Å². The molecule has 0 radical (unpaired) electrons. The first-order valence-electron chi connectivity index (χ1n) is 5.11. The third-order valence-corrected chi connectivity index (χ3v) is 2.55. The number of hydrogen-bond donors (Lipinski definition) is 1. The Morgan fingerprint density at radius 3 is 2.76 bits per heavy atom. The fourth-order valence-corrected chi connectivity index (χ4v) is 1.68. The maximum absolute atomic E-state index is 14.0. The molecule has 0 saturated heterocycles. The van der Waals surface area contributed by atoms with E-state index >= 15 is 0 Å². The summed E-state index contributed by atoms with van der Waals surface area (Å²) in [5.74, 6) is 0.388. The number of methoxy groups -OCH3 is 1. The average Bonchev–Trinajstić information content (AvgIpc) is 2.75. The number of aryl methyl sites for hydroxylation is 1. The lowest BCUT2D eigenvalue weighted by molar-refractivity contribution is 0.384. The van der Waals surface area contributed by atoms with E-state index in [1.807, 2.05) is 0 Å². The van der Waals surface area contributed by atoms with Crippen LogP contribution in [0.2, 0.25) is 0 Å². The lowest BCUT2D eigenvalue weighted by atomic mass is 10.1. The molecular weight excluding hydrogens is 223 g/mol. The number of benzene rings is 1. The third kappa shape index (κ3) is 1.87. The first-order valence-corrected chi connectivity index (χ1v) is 5.11. The normalized spacial score (nSPS) is 10.6. The van der Waals surface area contributed by atoms with Crippen molar-refractivity contribution >= 4 is 0 Å². The molecule has 0 aliphatic heterocycles. The molecule has 0 saturated carbocycles. The minimum Gasteiger partial charge on any atom is -0.494 e. The van der Waals surface area contributed by atoms with Crippen LogP contribution in [-0.2, 0) is 6.54 Å². The maximum atomic E-state index is 14.0. The van der Waals surface area contributed by atoms with Gasteiger partial charge in [-0.1, -0.05) is 0 Å². The van der Waals surface area contributed by atoms with E-state index in [0.29, 0.717) is 17.1 Å². The Kier molecular flexibility index (Phi) is 3.06. The van der Waals surface area contributed by atoms with E-state index in [1.54, 1.807) is 23.7 Å². The van der Waals surface area contributed by atoms with Crippen LogP contribution in [0.5, 0.6) is 5.75 Å². The predicted octanol–water partition coefficient (Wildman–Crippen LogP) is 1.18. The fraction of sp³-hybridized carbons (Fsp3) is 0.273. The summed E-state index contributed by atoms with van der Waals surface area (Å²) < 4.78 is 20.5. The molecule has 1 aromatic heterocycles. The molecule has 0 unspecified atom stereocenters. The second-order valence-corrected chi connectivity index (χ2v) is 3.50. The molecular formula is C11H13FN4O. The van der Waals surface area contributed by atoms with Crippen molar-refractivity contribution in [3.05, 3.63) is 35.7 Å². The summed E-state index contributed by atoms with van der Waals surface area (Å²) in [7, 11) is 1.42. The SMILES string of the molecule is COc1ccc(-n2ncnc2C)c(CN)c1F. The van der Waals surface area contributed by atoms with Crippen molar-refractivity contribution in [2.45, 2.75) is 13.5 Å². The summed E-state index contributed by atoms with van der Waals surface area (Å²) in [4.78, 5) is 4.00. The quantitative estimate of drug-likeness (QED) is 0.869. The summed E-state index contributed by atoms with van der Waals surface area (Å²) in [6.07, 6.45) is 1.41. The van der Waals surface area contributed by atoms with E-state index in [9.17, 15) is 4.39 Å². The smallest absolute Gasteiger partial charge is 0.171 e. The number of halogens is 1. The highest BCUT2D eigenvalue weighted by atomic mass is 19.1. The standard InChI is InChI=1S/C11H13FN4O/c1-7-14-6-15-16(7)9-3-4-10(17-2)11(12)8(9)5-13/h3-4,6H,5,13H2,1-2H3. The molecule has 0 fully saturated rings. The molecule has 2 N–H and O–H groups in total. The summed E-state index contributed by atoms with van der Waals surface area (Å²) in [6.45, 7) is 1.85. The van der Waals surface area contributed by atoms with Crippen molar-refractivity contribution in [2.24, 2.45) is 5.73 Å². The molecule has 5 nitrogen and oxygen atoms in total. The van der Waals surface area contributed by atoms with Crippen LogP contribution >= 0.6 is 0 Å². The van der Waals surface area contributed by atoms with Gasteiger partial charge in [0.1, 0.15) is 12.2 Å². The van der Waals surface area contributed by atoms with Crippen LogP contribution in [-0.4, -0.2) is 21.9 Å². The first kappa shape index (κ1) is 11.5. The Morgan fingerprint density at radius 1 is 1.47 bits per heavy atom. The second-order valence-electron chi connectivity index (χ2n) is 3.50. The fourth-order valence-electron chi connectivity index (χ4n) is 1.68. The number of ether oxygens (including phenoxy) is 1. The van der Waals surface area contributed by atoms with Crippen LogP contribution in [0.1, 0.15) is 11.4 Å². The van der Waals surface area contributed by atoms with Crippen molar-refractivity contribution < 1.29 is 9.13 Å². The van der Waals surface area contributed by atoms with Gasteiger partial charge >= 0.3 is 0 Å². The van der Waals surface area contributed by atoms with Gasteiger partial charge in [0.15, 0.2) is 11.6 Å². The van der Waals surface area contributed by atoms with Gasteiger partial charge in [0.2, 0.25) is 0 Å². The Labute approximate surface area is 98.0 Å². The van der Waals surface area contributed by atoms with Gasteiger partial charge in [-0.15, -0.1) is 0 Å². The zero-order chi connectivity index (χ0) is 12.4. The topological polar surface area (TPSA) is 66.0 Å². The van der Waals surface area contributed by atoms with E-state index in [-0.39, 0.29) is 12.3 Å². The van der Waals surface area contributed by atoms with E-state index in [0.717, 1.165) is 0 Å². The maximum Gasteiger partial charge on any atom is 0.171 e. The Bertz CT molecular complexity index is 538. The molecule has 6 heteroatoms.